The van der Waals surface area contributed by atoms with Crippen LogP contribution in [0.5, 0.6) is 0 Å². The lowest BCUT2D eigenvalue weighted by Crippen LogP contribution is -2.50. The minimum Gasteiger partial charge on any atom is -0.748 e. The second kappa shape index (κ2) is 11.3. The molecule has 0 aromatic rings. The summed E-state index contributed by atoms with van der Waals surface area (Å²) in [6, 6.07) is 0. The third kappa shape index (κ3) is 21.7. The summed E-state index contributed by atoms with van der Waals surface area (Å²) >= 11 is 1.71. The summed E-state index contributed by atoms with van der Waals surface area (Å²) in [5.74, 6) is 0.716. The molecule has 1 atom stereocenters. The van der Waals surface area contributed by atoms with Crippen molar-refractivity contribution in [2.75, 3.05) is 45.4 Å². The first-order chi connectivity index (χ1) is 10.6. The zero-order valence-electron chi connectivity index (χ0n) is 16.5. The Labute approximate surface area is 153 Å². The van der Waals surface area contributed by atoms with Gasteiger partial charge in [0.1, 0.15) is 0 Å². The fourth-order valence-electron chi connectivity index (χ4n) is 1.52. The lowest BCUT2D eigenvalue weighted by atomic mass is 10.1. The van der Waals surface area contributed by atoms with Crippen LogP contribution in [0, 0.1) is 5.92 Å². The topological polar surface area (TPSA) is 86.3 Å². The molecule has 146 valence electrons. The van der Waals surface area contributed by atoms with Crippen molar-refractivity contribution in [3.8, 4) is 0 Å². The Balaban J connectivity index is 0. The molecule has 0 aliphatic carbocycles. The van der Waals surface area contributed by atoms with E-state index in [0.717, 1.165) is 23.1 Å². The first-order valence-corrected chi connectivity index (χ1v) is 10.9. The molecular formula is C16H36N2O4S2. The van der Waals surface area contributed by atoms with Crippen LogP contribution in [-0.2, 0) is 14.9 Å². The Morgan fingerprint density at radius 3 is 2.08 bits per heavy atom. The van der Waals surface area contributed by atoms with Gasteiger partial charge >= 0.3 is 0 Å². The molecule has 0 rings (SSSR count). The number of hydrogen-bond donors (Lipinski definition) is 1. The third-order valence-corrected chi connectivity index (χ3v) is 4.85. The van der Waals surface area contributed by atoms with E-state index in [4.69, 9.17) is 0 Å². The van der Waals surface area contributed by atoms with Crippen molar-refractivity contribution in [2.24, 2.45) is 5.92 Å². The summed E-state index contributed by atoms with van der Waals surface area (Å²) in [5.41, 5.74) is -1.03. The molecule has 1 amide bonds. The molecule has 0 spiro atoms. The van der Waals surface area contributed by atoms with E-state index in [1.807, 2.05) is 0 Å². The SMILES string of the molecule is CCCCSCC(C)C(=O)NC(C)(C)CS(=O)(=O)[O-].C[N+](C)(C)C. The number of carbonyl (C=O) groups is 1. The van der Waals surface area contributed by atoms with E-state index in [0.29, 0.717) is 5.75 Å². The van der Waals surface area contributed by atoms with Crippen molar-refractivity contribution in [3.63, 3.8) is 0 Å². The number of nitrogens with zero attached hydrogens (tertiary/aromatic N) is 1. The van der Waals surface area contributed by atoms with Gasteiger partial charge in [0.05, 0.1) is 44.1 Å². The predicted molar refractivity (Wildman–Crippen MR) is 102 cm³/mol. The average molecular weight is 385 g/mol. The van der Waals surface area contributed by atoms with E-state index in [2.05, 4.69) is 40.4 Å². The van der Waals surface area contributed by atoms with E-state index in [1.165, 1.54) is 13.8 Å². The third-order valence-electron chi connectivity index (χ3n) is 2.46. The fraction of sp³-hybridized carbons (Fsp3) is 0.938. The quantitative estimate of drug-likeness (QED) is 0.373. The zero-order chi connectivity index (χ0) is 19.6. The molecule has 8 heteroatoms. The van der Waals surface area contributed by atoms with Crippen LogP contribution < -0.4 is 5.32 Å². The first kappa shape index (κ1) is 25.9. The highest BCUT2D eigenvalue weighted by Crippen LogP contribution is 2.13. The number of quaternary nitrogens is 1. The Morgan fingerprint density at radius 2 is 1.71 bits per heavy atom. The molecule has 0 bridgehead atoms. The number of rotatable bonds is 9. The molecule has 6 nitrogen and oxygen atoms in total. The van der Waals surface area contributed by atoms with Gasteiger partial charge in [0.2, 0.25) is 5.91 Å². The summed E-state index contributed by atoms with van der Waals surface area (Å²) in [6.45, 7) is 6.99. The minimum absolute atomic E-state index is 0.199. The Kier molecular flexibility index (Phi) is 12.2. The second-order valence-corrected chi connectivity index (χ2v) is 10.6. The Morgan fingerprint density at radius 1 is 1.25 bits per heavy atom. The van der Waals surface area contributed by atoms with Gasteiger partial charge in [-0.15, -0.1) is 0 Å². The van der Waals surface area contributed by atoms with Crippen molar-refractivity contribution in [1.29, 1.82) is 0 Å². The molecule has 1 unspecified atom stereocenters. The maximum Gasteiger partial charge on any atom is 0.224 e. The molecule has 1 N–H and O–H groups in total. The molecule has 0 aromatic carbocycles. The number of nitrogens with one attached hydrogen (secondary N) is 1. The average Bonchev–Trinajstić information content (AvgIpc) is 2.28. The summed E-state index contributed by atoms with van der Waals surface area (Å²) < 4.78 is 33.2. The maximum absolute atomic E-state index is 11.9. The number of amides is 1. The van der Waals surface area contributed by atoms with Gasteiger partial charge in [-0.2, -0.15) is 11.8 Å². The zero-order valence-corrected chi connectivity index (χ0v) is 18.1. The summed E-state index contributed by atoms with van der Waals surface area (Å²) in [5, 5.41) is 2.62. The molecule has 0 aliphatic rings. The smallest absolute Gasteiger partial charge is 0.224 e. The van der Waals surface area contributed by atoms with E-state index in [-0.39, 0.29) is 11.8 Å². The van der Waals surface area contributed by atoms with Gasteiger partial charge in [-0.25, -0.2) is 8.42 Å². The maximum atomic E-state index is 11.9. The number of hydrogen-bond acceptors (Lipinski definition) is 5. The highest BCUT2D eigenvalue weighted by molar-refractivity contribution is 7.99. The largest absolute Gasteiger partial charge is 0.748 e. The molecule has 0 aromatic heterocycles. The van der Waals surface area contributed by atoms with Crippen molar-refractivity contribution >= 4 is 27.8 Å². The van der Waals surface area contributed by atoms with Gasteiger partial charge < -0.3 is 14.4 Å². The van der Waals surface area contributed by atoms with Gasteiger partial charge in [0.25, 0.3) is 0 Å². The van der Waals surface area contributed by atoms with Crippen LogP contribution in [0.3, 0.4) is 0 Å². The Bertz CT molecular complexity index is 451. The van der Waals surface area contributed by atoms with Crippen molar-refractivity contribution in [1.82, 2.24) is 5.32 Å². The van der Waals surface area contributed by atoms with E-state index < -0.39 is 21.4 Å². The summed E-state index contributed by atoms with van der Waals surface area (Å²) in [6.07, 6.45) is 2.25. The molecule has 0 aliphatic heterocycles. The van der Waals surface area contributed by atoms with Crippen LogP contribution in [0.15, 0.2) is 0 Å². The Hall–Kier alpha value is -0.310. The van der Waals surface area contributed by atoms with Gasteiger partial charge in [0, 0.05) is 17.2 Å². The summed E-state index contributed by atoms with van der Waals surface area (Å²) in [7, 11) is 4.15. The predicted octanol–water partition coefficient (Wildman–Crippen LogP) is 1.92. The lowest BCUT2D eigenvalue weighted by Gasteiger charge is -2.28. The normalized spacial score (nSPS) is 13.7. The van der Waals surface area contributed by atoms with E-state index >= 15 is 0 Å². The van der Waals surface area contributed by atoms with Crippen molar-refractivity contribution in [3.05, 3.63) is 0 Å². The van der Waals surface area contributed by atoms with E-state index in [9.17, 15) is 17.8 Å². The van der Waals surface area contributed by atoms with Crippen LogP contribution in [0.1, 0.15) is 40.5 Å². The fourth-order valence-corrected chi connectivity index (χ4v) is 3.64. The standard InChI is InChI=1S/C12H25NO4S2.C4H12N/c1-5-6-7-18-8-10(2)11(14)13-12(3,4)9-19(15,16)17;1-5(2,3)4/h10H,5-9H2,1-4H3,(H,13,14)(H,15,16,17);1-4H3/q;+1/p-1. The van der Waals surface area contributed by atoms with Crippen LogP contribution in [-0.4, -0.2) is 74.3 Å². The number of carbonyl (C=O) groups excluding carboxylic acids is 1. The molecule has 0 radical (unpaired) electrons. The number of unbranched alkanes of at least 4 members (excludes halogenated alkanes) is 1. The van der Waals surface area contributed by atoms with Crippen molar-refractivity contribution < 1.29 is 22.2 Å². The highest BCUT2D eigenvalue weighted by Gasteiger charge is 2.25. The molecular weight excluding hydrogens is 348 g/mol. The monoisotopic (exact) mass is 384 g/mol. The van der Waals surface area contributed by atoms with Gasteiger partial charge in [-0.3, -0.25) is 4.79 Å². The lowest BCUT2D eigenvalue weighted by molar-refractivity contribution is -0.849. The first-order valence-electron chi connectivity index (χ1n) is 8.19. The second-order valence-electron chi connectivity index (χ2n) is 8.09. The van der Waals surface area contributed by atoms with Crippen LogP contribution >= 0.6 is 11.8 Å². The summed E-state index contributed by atoms with van der Waals surface area (Å²) in [4.78, 5) is 11.9. The van der Waals surface area contributed by atoms with Gasteiger partial charge in [0.15, 0.2) is 0 Å². The van der Waals surface area contributed by atoms with Crippen LogP contribution in [0.25, 0.3) is 0 Å². The molecule has 0 saturated heterocycles. The van der Waals surface area contributed by atoms with Crippen LogP contribution in [0.2, 0.25) is 0 Å². The van der Waals surface area contributed by atoms with Gasteiger partial charge in [-0.05, 0) is 26.0 Å². The van der Waals surface area contributed by atoms with Crippen molar-refractivity contribution in [2.45, 2.75) is 46.1 Å². The molecule has 0 saturated carbocycles. The molecule has 0 heterocycles. The van der Waals surface area contributed by atoms with Crippen LogP contribution in [0.4, 0.5) is 0 Å². The molecule has 0 fully saturated rings. The number of thioether (sulfide) groups is 1. The minimum atomic E-state index is -4.35. The van der Waals surface area contributed by atoms with Gasteiger partial charge in [-0.1, -0.05) is 20.3 Å². The molecule has 24 heavy (non-hydrogen) atoms. The highest BCUT2D eigenvalue weighted by atomic mass is 32.2. The van der Waals surface area contributed by atoms with E-state index in [1.54, 1.807) is 18.7 Å².